The van der Waals surface area contributed by atoms with E-state index in [-0.39, 0.29) is 11.8 Å². The first-order chi connectivity index (χ1) is 15.3. The van der Waals surface area contributed by atoms with Gasteiger partial charge in [-0.1, -0.05) is 29.4 Å². The maximum absolute atomic E-state index is 13.2. The summed E-state index contributed by atoms with van der Waals surface area (Å²) in [6, 6.07) is 9.58. The Hall–Kier alpha value is -3.00. The number of nitrogens with zero attached hydrogens (tertiary/aromatic N) is 4. The van der Waals surface area contributed by atoms with Crippen molar-refractivity contribution in [2.75, 3.05) is 13.6 Å². The topological polar surface area (TPSA) is 79.5 Å². The summed E-state index contributed by atoms with van der Waals surface area (Å²) in [7, 11) is 1.80. The lowest BCUT2D eigenvalue weighted by atomic mass is 10.1. The fraction of sp³-hybridized carbons (Fsp3) is 0.417. The zero-order valence-corrected chi connectivity index (χ0v) is 19.7. The number of likely N-dealkylation sites (N-methyl/N-ethyl adjacent to an activating group) is 1. The van der Waals surface area contributed by atoms with Crippen LogP contribution in [0.25, 0.3) is 10.4 Å². The van der Waals surface area contributed by atoms with Crippen molar-refractivity contribution in [3.05, 3.63) is 58.6 Å². The number of rotatable bonds is 6. The second-order valence-electron chi connectivity index (χ2n) is 8.44. The molecular formula is C24H28N4O3S. The molecule has 32 heavy (non-hydrogen) atoms. The third kappa shape index (κ3) is 4.46. The third-order valence-corrected chi connectivity index (χ3v) is 7.00. The molecule has 2 aromatic heterocycles. The van der Waals surface area contributed by atoms with Gasteiger partial charge < -0.3 is 14.3 Å². The van der Waals surface area contributed by atoms with Gasteiger partial charge >= 0.3 is 0 Å². The number of benzene rings is 1. The molecule has 7 nitrogen and oxygen atoms in total. The highest BCUT2D eigenvalue weighted by Crippen LogP contribution is 2.28. The molecule has 2 amide bonds. The molecule has 1 saturated heterocycles. The number of aromatic nitrogens is 2. The molecular weight excluding hydrogens is 424 g/mol. The summed E-state index contributed by atoms with van der Waals surface area (Å²) in [5.41, 5.74) is 5.80. The number of amides is 2. The van der Waals surface area contributed by atoms with Crippen LogP contribution in [0.3, 0.4) is 0 Å². The van der Waals surface area contributed by atoms with Crippen molar-refractivity contribution in [3.63, 3.8) is 0 Å². The maximum atomic E-state index is 13.2. The van der Waals surface area contributed by atoms with Gasteiger partial charge in [-0.25, -0.2) is 4.98 Å². The molecule has 168 valence electrons. The Bertz CT molecular complexity index is 1100. The van der Waals surface area contributed by atoms with Gasteiger partial charge in [-0.05, 0) is 44.7 Å². The summed E-state index contributed by atoms with van der Waals surface area (Å²) in [4.78, 5) is 35.2. The lowest BCUT2D eigenvalue weighted by molar-refractivity contribution is -0.144. The molecule has 3 heterocycles. The molecule has 4 rings (SSSR count). The molecule has 0 spiro atoms. The smallest absolute Gasteiger partial charge is 0.245 e. The van der Waals surface area contributed by atoms with Gasteiger partial charge in [0.25, 0.3) is 0 Å². The number of carbonyl (C=O) groups excluding carboxylic acids is 2. The molecule has 0 unspecified atom stereocenters. The zero-order valence-electron chi connectivity index (χ0n) is 18.9. The van der Waals surface area contributed by atoms with Crippen LogP contribution in [0.5, 0.6) is 0 Å². The van der Waals surface area contributed by atoms with Gasteiger partial charge in [0, 0.05) is 26.2 Å². The van der Waals surface area contributed by atoms with E-state index >= 15 is 0 Å². The van der Waals surface area contributed by atoms with E-state index in [9.17, 15) is 9.59 Å². The van der Waals surface area contributed by atoms with Crippen LogP contribution in [-0.2, 0) is 16.1 Å². The van der Waals surface area contributed by atoms with Gasteiger partial charge in [-0.3, -0.25) is 9.59 Å². The summed E-state index contributed by atoms with van der Waals surface area (Å²) in [5.74, 6) is -0.0401. The Labute approximate surface area is 192 Å². The Morgan fingerprint density at radius 2 is 2.03 bits per heavy atom. The van der Waals surface area contributed by atoms with Gasteiger partial charge in [-0.2, -0.15) is 0 Å². The normalized spacial score (nSPS) is 16.9. The fourth-order valence-electron chi connectivity index (χ4n) is 4.19. The largest absolute Gasteiger partial charge is 0.360 e. The van der Waals surface area contributed by atoms with E-state index < -0.39 is 12.0 Å². The molecule has 3 aromatic rings. The van der Waals surface area contributed by atoms with Crippen molar-refractivity contribution in [1.29, 1.82) is 0 Å². The van der Waals surface area contributed by atoms with E-state index in [4.69, 9.17) is 4.52 Å². The van der Waals surface area contributed by atoms with E-state index in [1.807, 2.05) is 31.5 Å². The molecule has 0 saturated carbocycles. The highest BCUT2D eigenvalue weighted by molar-refractivity contribution is 7.13. The SMILES string of the molecule is Cc1cc([C@@H](C)C(=O)N2CCC[C@H]2C(=O)N(C)Cc2ccc(-c3scnc3C)cc2)on1. The van der Waals surface area contributed by atoms with Crippen molar-refractivity contribution in [2.24, 2.45) is 0 Å². The van der Waals surface area contributed by atoms with Crippen LogP contribution >= 0.6 is 11.3 Å². The second-order valence-corrected chi connectivity index (χ2v) is 9.29. The van der Waals surface area contributed by atoms with Crippen molar-refractivity contribution in [3.8, 4) is 10.4 Å². The van der Waals surface area contributed by atoms with Crippen LogP contribution in [0, 0.1) is 13.8 Å². The number of likely N-dealkylation sites (tertiary alicyclic amines) is 1. The molecule has 0 aliphatic carbocycles. The molecule has 1 fully saturated rings. The van der Waals surface area contributed by atoms with Gasteiger partial charge in [0.05, 0.1) is 27.7 Å². The van der Waals surface area contributed by atoms with Crippen LogP contribution < -0.4 is 0 Å². The highest BCUT2D eigenvalue weighted by Gasteiger charge is 2.38. The van der Waals surface area contributed by atoms with Crippen LogP contribution in [0.15, 0.2) is 40.4 Å². The third-order valence-electron chi connectivity index (χ3n) is 6.02. The first-order valence-corrected chi connectivity index (χ1v) is 11.7. The van der Waals surface area contributed by atoms with Gasteiger partial charge in [0.15, 0.2) is 0 Å². The summed E-state index contributed by atoms with van der Waals surface area (Å²) in [6.07, 6.45) is 1.50. The number of carbonyl (C=O) groups is 2. The highest BCUT2D eigenvalue weighted by atomic mass is 32.1. The number of aryl methyl sites for hydroxylation is 2. The van der Waals surface area contributed by atoms with Gasteiger partial charge in [0.1, 0.15) is 11.8 Å². The van der Waals surface area contributed by atoms with Crippen molar-refractivity contribution in [2.45, 2.75) is 52.1 Å². The summed E-state index contributed by atoms with van der Waals surface area (Å²) in [6.45, 7) is 6.72. The van der Waals surface area contributed by atoms with Gasteiger partial charge in [-0.15, -0.1) is 11.3 Å². The predicted molar refractivity (Wildman–Crippen MR) is 123 cm³/mol. The van der Waals surface area contributed by atoms with Crippen molar-refractivity contribution in [1.82, 2.24) is 19.9 Å². The van der Waals surface area contributed by atoms with Crippen LogP contribution in [0.1, 0.15) is 48.4 Å². The Morgan fingerprint density at radius 1 is 1.28 bits per heavy atom. The average molecular weight is 453 g/mol. The fourth-order valence-corrected chi connectivity index (χ4v) is 5.00. The van der Waals surface area contributed by atoms with Crippen LogP contribution in [-0.4, -0.2) is 51.4 Å². The zero-order chi connectivity index (χ0) is 22.8. The van der Waals surface area contributed by atoms with E-state index in [2.05, 4.69) is 22.3 Å². The minimum absolute atomic E-state index is 0.0285. The van der Waals surface area contributed by atoms with Crippen LogP contribution in [0.2, 0.25) is 0 Å². The summed E-state index contributed by atoms with van der Waals surface area (Å²) in [5, 5.41) is 3.88. The molecule has 0 radical (unpaired) electrons. The first kappa shape index (κ1) is 22.2. The monoisotopic (exact) mass is 452 g/mol. The van der Waals surface area contributed by atoms with E-state index in [1.54, 1.807) is 41.2 Å². The van der Waals surface area contributed by atoms with E-state index in [0.717, 1.165) is 33.8 Å². The Morgan fingerprint density at radius 3 is 2.66 bits per heavy atom. The number of hydrogen-bond acceptors (Lipinski definition) is 6. The average Bonchev–Trinajstić information content (AvgIpc) is 3.53. The molecule has 0 bridgehead atoms. The first-order valence-electron chi connectivity index (χ1n) is 10.8. The van der Waals surface area contributed by atoms with E-state index in [0.29, 0.717) is 25.3 Å². The minimum Gasteiger partial charge on any atom is -0.360 e. The molecule has 1 aromatic carbocycles. The predicted octanol–water partition coefficient (Wildman–Crippen LogP) is 4.17. The second kappa shape index (κ2) is 9.24. The lowest BCUT2D eigenvalue weighted by Gasteiger charge is -2.29. The molecule has 1 aliphatic rings. The summed E-state index contributed by atoms with van der Waals surface area (Å²) >= 11 is 1.63. The summed E-state index contributed by atoms with van der Waals surface area (Å²) < 4.78 is 5.28. The van der Waals surface area contributed by atoms with E-state index in [1.165, 1.54) is 0 Å². The molecule has 8 heteroatoms. The molecule has 2 atom stereocenters. The quantitative estimate of drug-likeness (QED) is 0.561. The van der Waals surface area contributed by atoms with Crippen molar-refractivity contribution < 1.29 is 14.1 Å². The number of hydrogen-bond donors (Lipinski definition) is 0. The van der Waals surface area contributed by atoms with Gasteiger partial charge in [0.2, 0.25) is 11.8 Å². The standard InChI is InChI=1S/C24H28N4O3S/c1-15-12-21(31-26-15)16(2)23(29)28-11-5-6-20(28)24(30)27(4)13-18-7-9-19(10-8-18)22-17(3)25-14-32-22/h7-10,12,14,16,20H,5-6,11,13H2,1-4H3/t16-,20+/m1/s1. The van der Waals surface area contributed by atoms with Crippen LogP contribution in [0.4, 0.5) is 0 Å². The molecule has 0 N–H and O–H groups in total. The lowest BCUT2D eigenvalue weighted by Crippen LogP contribution is -2.47. The number of thiazole rings is 1. The maximum Gasteiger partial charge on any atom is 0.245 e. The minimum atomic E-state index is -0.461. The Balaban J connectivity index is 1.41. The Kier molecular flexibility index (Phi) is 6.41. The van der Waals surface area contributed by atoms with Crippen molar-refractivity contribution >= 4 is 23.2 Å². The molecule has 1 aliphatic heterocycles.